The Balaban J connectivity index is 1.56. The first-order valence-electron chi connectivity index (χ1n) is 12.6. The molecule has 33 heavy (non-hydrogen) atoms. The number of nitro benzene ring substituents is 1. The molecule has 0 heterocycles. The predicted octanol–water partition coefficient (Wildman–Crippen LogP) is 9.02. The van der Waals surface area contributed by atoms with Crippen LogP contribution in [0, 0.1) is 15.9 Å². The summed E-state index contributed by atoms with van der Waals surface area (Å²) in [6.07, 6.45) is 19.9. The molecule has 2 rings (SSSR count). The van der Waals surface area contributed by atoms with Gasteiger partial charge in [0.2, 0.25) is 5.82 Å². The van der Waals surface area contributed by atoms with E-state index in [0.29, 0.717) is 5.56 Å². The highest BCUT2D eigenvalue weighted by atomic mass is 19.1. The summed E-state index contributed by atoms with van der Waals surface area (Å²) in [6, 6.07) is 12.0. The first-order valence-corrected chi connectivity index (χ1v) is 12.6. The lowest BCUT2D eigenvalue weighted by Gasteiger charge is -2.07. The number of hydrogen-bond donors (Lipinski definition) is 1. The maximum absolute atomic E-state index is 13.7. The molecule has 2 aromatic rings. The quantitative estimate of drug-likeness (QED) is 0.112. The lowest BCUT2D eigenvalue weighted by atomic mass is 10.1. The smallest absolute Gasteiger partial charge is 0.304 e. The van der Waals surface area contributed by atoms with Crippen molar-refractivity contribution in [2.45, 2.75) is 84.0 Å². The molecule has 0 saturated carbocycles. The third kappa shape index (κ3) is 11.1. The molecule has 0 atom stereocenters. The summed E-state index contributed by atoms with van der Waals surface area (Å²) in [5.74, 6) is -0.820. The third-order valence-corrected chi connectivity index (χ3v) is 5.91. The van der Waals surface area contributed by atoms with Crippen LogP contribution in [0.15, 0.2) is 42.5 Å². The van der Waals surface area contributed by atoms with E-state index in [1.54, 1.807) is 12.1 Å². The van der Waals surface area contributed by atoms with Crippen molar-refractivity contribution in [2.75, 3.05) is 11.9 Å². The van der Waals surface area contributed by atoms with Gasteiger partial charge >= 0.3 is 5.69 Å². The molecule has 0 unspecified atom stereocenters. The van der Waals surface area contributed by atoms with E-state index >= 15 is 0 Å². The fourth-order valence-electron chi connectivity index (χ4n) is 3.88. The number of rotatable bonds is 17. The van der Waals surface area contributed by atoms with Crippen molar-refractivity contribution in [1.29, 1.82) is 0 Å². The van der Waals surface area contributed by atoms with E-state index in [1.165, 1.54) is 89.2 Å². The van der Waals surface area contributed by atoms with Crippen molar-refractivity contribution in [1.82, 2.24) is 0 Å². The second-order valence-electron chi connectivity index (χ2n) is 8.74. The number of benzene rings is 2. The minimum atomic E-state index is -0.820. The van der Waals surface area contributed by atoms with Gasteiger partial charge < -0.3 is 5.32 Å². The van der Waals surface area contributed by atoms with Crippen LogP contribution in [0.1, 0.15) is 95.1 Å². The van der Waals surface area contributed by atoms with Crippen LogP contribution < -0.4 is 5.32 Å². The Morgan fingerprint density at radius 1 is 0.788 bits per heavy atom. The van der Waals surface area contributed by atoms with E-state index in [-0.39, 0.29) is 0 Å². The van der Waals surface area contributed by atoms with E-state index in [1.807, 2.05) is 30.3 Å². The normalized spacial score (nSPS) is 11.2. The number of nitro groups is 1. The fourth-order valence-corrected chi connectivity index (χ4v) is 3.88. The average molecular weight is 455 g/mol. The van der Waals surface area contributed by atoms with Gasteiger partial charge in [0.05, 0.1) is 4.92 Å². The van der Waals surface area contributed by atoms with Crippen molar-refractivity contribution < 1.29 is 9.31 Å². The minimum absolute atomic E-state index is 0.504. The maximum Gasteiger partial charge on any atom is 0.304 e. The van der Waals surface area contributed by atoms with Crippen LogP contribution in [0.4, 0.5) is 15.8 Å². The van der Waals surface area contributed by atoms with E-state index in [9.17, 15) is 14.5 Å². The molecule has 0 fully saturated rings. The molecule has 0 aliphatic carbocycles. The zero-order chi connectivity index (χ0) is 23.7. The molecule has 180 valence electrons. The number of halogens is 1. The van der Waals surface area contributed by atoms with Crippen molar-refractivity contribution in [3.63, 3.8) is 0 Å². The number of unbranched alkanes of at least 4 members (excludes halogenated alkanes) is 11. The molecule has 0 aromatic heterocycles. The molecule has 1 N–H and O–H groups in total. The van der Waals surface area contributed by atoms with Crippen LogP contribution >= 0.6 is 0 Å². The predicted molar refractivity (Wildman–Crippen MR) is 138 cm³/mol. The largest absolute Gasteiger partial charge is 0.385 e. The Morgan fingerprint density at radius 2 is 1.30 bits per heavy atom. The molecular weight excluding hydrogens is 415 g/mol. The van der Waals surface area contributed by atoms with E-state index in [2.05, 4.69) is 12.2 Å². The van der Waals surface area contributed by atoms with E-state index in [4.69, 9.17) is 0 Å². The zero-order valence-electron chi connectivity index (χ0n) is 20.0. The molecule has 0 aliphatic rings. The highest BCUT2D eigenvalue weighted by Gasteiger charge is 2.12. The summed E-state index contributed by atoms with van der Waals surface area (Å²) in [4.78, 5) is 9.98. The number of nitrogens with one attached hydrogen (secondary N) is 1. The highest BCUT2D eigenvalue weighted by Crippen LogP contribution is 2.20. The average Bonchev–Trinajstić information content (AvgIpc) is 2.81. The second-order valence-corrected chi connectivity index (χ2v) is 8.74. The van der Waals surface area contributed by atoms with Crippen LogP contribution in [0.3, 0.4) is 0 Å². The van der Waals surface area contributed by atoms with Gasteiger partial charge in [-0.25, -0.2) is 0 Å². The number of nitrogens with zero attached hydrogens (tertiary/aromatic N) is 1. The van der Waals surface area contributed by atoms with Crippen LogP contribution in [-0.2, 0) is 0 Å². The van der Waals surface area contributed by atoms with Crippen molar-refractivity contribution in [3.05, 3.63) is 69.5 Å². The Labute approximate surface area is 198 Å². The lowest BCUT2D eigenvalue weighted by Crippen LogP contribution is -2.01. The topological polar surface area (TPSA) is 55.2 Å². The van der Waals surface area contributed by atoms with Gasteiger partial charge in [-0.2, -0.15) is 4.39 Å². The van der Waals surface area contributed by atoms with Gasteiger partial charge in [0.1, 0.15) is 0 Å². The molecule has 4 nitrogen and oxygen atoms in total. The summed E-state index contributed by atoms with van der Waals surface area (Å²) < 4.78 is 13.7. The first-order chi connectivity index (χ1) is 16.1. The Kier molecular flexibility index (Phi) is 12.9. The summed E-state index contributed by atoms with van der Waals surface area (Å²) in [7, 11) is 0. The van der Waals surface area contributed by atoms with Gasteiger partial charge in [0.15, 0.2) is 0 Å². The fraction of sp³-hybridized carbons (Fsp3) is 0.500. The van der Waals surface area contributed by atoms with Gasteiger partial charge in [0.25, 0.3) is 0 Å². The summed E-state index contributed by atoms with van der Waals surface area (Å²) in [6.45, 7) is 3.25. The molecule has 0 amide bonds. The standard InChI is InChI=1S/C28H39FN2O2/c1-2-3-4-5-6-7-8-9-10-11-12-13-22-30-26-19-16-24(17-20-26)14-15-25-18-21-28(31(32)33)27(29)23-25/h14-21,23,30H,2-13,22H2,1H3. The van der Waals surface area contributed by atoms with Crippen LogP contribution in [0.5, 0.6) is 0 Å². The zero-order valence-corrected chi connectivity index (χ0v) is 20.0. The molecule has 0 bridgehead atoms. The molecule has 0 aliphatic heterocycles. The monoisotopic (exact) mass is 454 g/mol. The number of hydrogen-bond acceptors (Lipinski definition) is 3. The summed E-state index contributed by atoms with van der Waals surface area (Å²) >= 11 is 0. The van der Waals surface area contributed by atoms with Crippen molar-refractivity contribution in [3.8, 4) is 0 Å². The molecule has 0 radical (unpaired) electrons. The van der Waals surface area contributed by atoms with Gasteiger partial charge in [-0.15, -0.1) is 0 Å². The molecule has 0 saturated heterocycles. The second kappa shape index (κ2) is 16.0. The van der Waals surface area contributed by atoms with Crippen LogP contribution in [-0.4, -0.2) is 11.5 Å². The molecular formula is C28H39FN2O2. The maximum atomic E-state index is 13.7. The Bertz CT molecular complexity index is 849. The van der Waals surface area contributed by atoms with Crippen molar-refractivity contribution in [2.24, 2.45) is 0 Å². The molecule has 5 heteroatoms. The van der Waals surface area contributed by atoms with Gasteiger partial charge in [-0.1, -0.05) is 102 Å². The first kappa shape index (κ1) is 26.6. The van der Waals surface area contributed by atoms with Gasteiger partial charge in [-0.3, -0.25) is 10.1 Å². The van der Waals surface area contributed by atoms with Gasteiger partial charge in [-0.05, 0) is 41.8 Å². The SMILES string of the molecule is CCCCCCCCCCCCCCNc1ccc(C=Cc2ccc([N+](=O)[O-])c(F)c2)cc1. The summed E-state index contributed by atoms with van der Waals surface area (Å²) in [5, 5.41) is 14.2. The Hall–Kier alpha value is -2.69. The number of anilines is 1. The summed E-state index contributed by atoms with van der Waals surface area (Å²) in [5.41, 5.74) is 2.17. The molecule has 0 spiro atoms. The van der Waals surface area contributed by atoms with Crippen LogP contribution in [0.25, 0.3) is 12.2 Å². The van der Waals surface area contributed by atoms with E-state index in [0.717, 1.165) is 17.8 Å². The third-order valence-electron chi connectivity index (χ3n) is 5.91. The molecule has 2 aromatic carbocycles. The lowest BCUT2D eigenvalue weighted by molar-refractivity contribution is -0.387. The van der Waals surface area contributed by atoms with Crippen molar-refractivity contribution >= 4 is 23.5 Å². The highest BCUT2D eigenvalue weighted by molar-refractivity contribution is 5.71. The minimum Gasteiger partial charge on any atom is -0.385 e. The van der Waals surface area contributed by atoms with Gasteiger partial charge in [0, 0.05) is 18.3 Å². The Morgan fingerprint density at radius 3 is 1.85 bits per heavy atom. The van der Waals surface area contributed by atoms with Crippen LogP contribution in [0.2, 0.25) is 0 Å². The van der Waals surface area contributed by atoms with E-state index < -0.39 is 16.4 Å².